The zero-order chi connectivity index (χ0) is 11.9. The van der Waals surface area contributed by atoms with Gasteiger partial charge in [0.1, 0.15) is 17.8 Å². The number of aromatic amines is 1. The van der Waals surface area contributed by atoms with E-state index in [1.807, 2.05) is 6.20 Å². The second-order valence-corrected chi connectivity index (χ2v) is 5.22. The molecule has 2 aliphatic rings. The first-order valence-electron chi connectivity index (χ1n) is 6.70. The van der Waals surface area contributed by atoms with Gasteiger partial charge in [0, 0.05) is 24.8 Å². The third-order valence-electron chi connectivity index (χ3n) is 4.23. The zero-order valence-electron chi connectivity index (χ0n) is 10.3. The summed E-state index contributed by atoms with van der Waals surface area (Å²) >= 11 is 0. The van der Waals surface area contributed by atoms with Gasteiger partial charge in [0.25, 0.3) is 0 Å². The van der Waals surface area contributed by atoms with E-state index >= 15 is 0 Å². The maximum atomic E-state index is 4.55. The Balaban J connectivity index is 1.84. The molecule has 5 nitrogen and oxygen atoms in total. The van der Waals surface area contributed by atoms with Gasteiger partial charge in [0.15, 0.2) is 0 Å². The first-order chi connectivity index (χ1) is 8.93. The third-order valence-corrected chi connectivity index (χ3v) is 4.23. The molecule has 2 fully saturated rings. The lowest BCUT2D eigenvalue weighted by Crippen LogP contribution is -2.38. The highest BCUT2D eigenvalue weighted by molar-refractivity contribution is 5.87. The van der Waals surface area contributed by atoms with Crippen molar-refractivity contribution in [2.24, 2.45) is 0 Å². The fourth-order valence-electron chi connectivity index (χ4n) is 3.39. The second-order valence-electron chi connectivity index (χ2n) is 5.22. The molecule has 2 aromatic heterocycles. The lowest BCUT2D eigenvalue weighted by Gasteiger charge is -2.29. The van der Waals surface area contributed by atoms with Gasteiger partial charge in [-0.2, -0.15) is 0 Å². The summed E-state index contributed by atoms with van der Waals surface area (Å²) < 4.78 is 0. The molecule has 0 unspecified atom stereocenters. The van der Waals surface area contributed by atoms with Gasteiger partial charge in [-0.05, 0) is 31.9 Å². The van der Waals surface area contributed by atoms with Crippen LogP contribution in [0.4, 0.5) is 5.82 Å². The largest absolute Gasteiger partial charge is 0.349 e. The van der Waals surface area contributed by atoms with E-state index in [0.717, 1.165) is 29.9 Å². The van der Waals surface area contributed by atoms with Crippen molar-refractivity contribution in [3.05, 3.63) is 18.6 Å². The topological polar surface area (TPSA) is 56.8 Å². The van der Waals surface area contributed by atoms with Gasteiger partial charge in [-0.25, -0.2) is 9.97 Å². The predicted molar refractivity (Wildman–Crippen MR) is 70.7 cm³/mol. The van der Waals surface area contributed by atoms with Crippen molar-refractivity contribution < 1.29 is 0 Å². The molecule has 0 aromatic carbocycles. The highest BCUT2D eigenvalue weighted by Gasteiger charge is 2.36. The molecule has 2 saturated heterocycles. The number of hydrogen-bond donors (Lipinski definition) is 2. The van der Waals surface area contributed by atoms with Crippen LogP contribution in [-0.2, 0) is 0 Å². The average molecular weight is 243 g/mol. The number of hydrogen-bond acceptors (Lipinski definition) is 4. The molecule has 5 heteroatoms. The molecule has 94 valence electrons. The molecule has 0 spiro atoms. The van der Waals surface area contributed by atoms with Gasteiger partial charge in [-0.15, -0.1) is 0 Å². The van der Waals surface area contributed by atoms with Crippen LogP contribution in [-0.4, -0.2) is 40.1 Å². The first-order valence-corrected chi connectivity index (χ1v) is 6.70. The van der Waals surface area contributed by atoms with Gasteiger partial charge in [0.2, 0.25) is 0 Å². The first kappa shape index (κ1) is 10.3. The molecule has 18 heavy (non-hydrogen) atoms. The fraction of sp³-hybridized carbons (Fsp3) is 0.538. The molecule has 0 amide bonds. The van der Waals surface area contributed by atoms with Crippen molar-refractivity contribution >= 4 is 16.9 Å². The van der Waals surface area contributed by atoms with E-state index in [-0.39, 0.29) is 0 Å². The Morgan fingerprint density at radius 2 is 2.11 bits per heavy atom. The lowest BCUT2D eigenvalue weighted by molar-refractivity contribution is 0.567. The molecular weight excluding hydrogens is 226 g/mol. The summed E-state index contributed by atoms with van der Waals surface area (Å²) in [5.41, 5.74) is 0.941. The maximum Gasteiger partial charge on any atom is 0.142 e. The molecule has 2 aromatic rings. The van der Waals surface area contributed by atoms with Crippen LogP contribution >= 0.6 is 0 Å². The van der Waals surface area contributed by atoms with E-state index in [1.165, 1.54) is 19.3 Å². The van der Waals surface area contributed by atoms with Crippen LogP contribution in [0.2, 0.25) is 0 Å². The van der Waals surface area contributed by atoms with Crippen LogP contribution in [0, 0.1) is 0 Å². The van der Waals surface area contributed by atoms with E-state index in [4.69, 9.17) is 0 Å². The number of rotatable bonds is 1. The number of aromatic nitrogens is 3. The minimum atomic E-state index is 0.588. The predicted octanol–water partition coefficient (Wildman–Crippen LogP) is 1.29. The van der Waals surface area contributed by atoms with E-state index in [9.17, 15) is 0 Å². The van der Waals surface area contributed by atoms with E-state index in [1.54, 1.807) is 6.33 Å². The Labute approximate surface area is 106 Å². The van der Waals surface area contributed by atoms with E-state index in [2.05, 4.69) is 31.2 Å². The Hall–Kier alpha value is -1.62. The summed E-state index contributed by atoms with van der Waals surface area (Å²) in [7, 11) is 0. The Bertz CT molecular complexity index is 549. The van der Waals surface area contributed by atoms with Gasteiger partial charge < -0.3 is 15.2 Å². The van der Waals surface area contributed by atoms with Crippen molar-refractivity contribution in [2.45, 2.75) is 31.3 Å². The third kappa shape index (κ3) is 1.43. The lowest BCUT2D eigenvalue weighted by atomic mass is 10.1. The monoisotopic (exact) mass is 243 g/mol. The summed E-state index contributed by atoms with van der Waals surface area (Å²) in [6.45, 7) is 2.20. The Morgan fingerprint density at radius 1 is 1.17 bits per heavy atom. The van der Waals surface area contributed by atoms with E-state index in [0.29, 0.717) is 12.1 Å². The highest BCUT2D eigenvalue weighted by Crippen LogP contribution is 2.35. The van der Waals surface area contributed by atoms with Crippen molar-refractivity contribution in [1.29, 1.82) is 0 Å². The number of nitrogens with one attached hydrogen (secondary N) is 2. The van der Waals surface area contributed by atoms with Crippen LogP contribution in [0.15, 0.2) is 18.6 Å². The molecule has 0 radical (unpaired) electrons. The second kappa shape index (κ2) is 3.95. The summed E-state index contributed by atoms with van der Waals surface area (Å²) in [6.07, 6.45) is 7.40. The molecule has 0 saturated carbocycles. The average Bonchev–Trinajstić information content (AvgIpc) is 2.92. The van der Waals surface area contributed by atoms with E-state index < -0.39 is 0 Å². The van der Waals surface area contributed by atoms with Crippen LogP contribution in [0.25, 0.3) is 11.0 Å². The summed E-state index contributed by atoms with van der Waals surface area (Å²) in [6, 6.07) is 3.31. The molecular formula is C13H17N5. The standard InChI is InChI=1S/C13H17N5/c1-2-10-7-14-5-3-9(1)18(10)13-11-4-6-15-12(11)16-8-17-13/h4,6,8-10,14H,1-3,5,7H2,(H,15,16,17)/t9-,10+/m1/s1. The number of nitrogens with zero attached hydrogens (tertiary/aromatic N) is 3. The molecule has 2 bridgehead atoms. The van der Waals surface area contributed by atoms with Crippen molar-refractivity contribution in [3.63, 3.8) is 0 Å². The summed E-state index contributed by atoms with van der Waals surface area (Å²) in [5, 5.41) is 4.68. The van der Waals surface area contributed by atoms with Gasteiger partial charge >= 0.3 is 0 Å². The molecule has 2 N–H and O–H groups in total. The molecule has 4 heterocycles. The Kier molecular flexibility index (Phi) is 2.26. The van der Waals surface area contributed by atoms with Crippen LogP contribution in [0.3, 0.4) is 0 Å². The van der Waals surface area contributed by atoms with Crippen molar-refractivity contribution in [2.75, 3.05) is 18.0 Å². The normalized spacial score (nSPS) is 27.7. The zero-order valence-corrected chi connectivity index (χ0v) is 10.3. The van der Waals surface area contributed by atoms with Crippen molar-refractivity contribution in [1.82, 2.24) is 20.3 Å². The maximum absolute atomic E-state index is 4.55. The quantitative estimate of drug-likeness (QED) is 0.792. The smallest absolute Gasteiger partial charge is 0.142 e. The summed E-state index contributed by atoms with van der Waals surface area (Å²) in [5.74, 6) is 1.11. The minimum Gasteiger partial charge on any atom is -0.349 e. The van der Waals surface area contributed by atoms with Gasteiger partial charge in [0.05, 0.1) is 5.39 Å². The molecule has 2 aliphatic heterocycles. The Morgan fingerprint density at radius 3 is 3.11 bits per heavy atom. The number of fused-ring (bicyclic) bond motifs is 3. The van der Waals surface area contributed by atoms with Crippen LogP contribution in [0.5, 0.6) is 0 Å². The molecule has 2 atom stereocenters. The number of H-pyrrole nitrogens is 1. The molecule has 0 aliphatic carbocycles. The summed E-state index contributed by atoms with van der Waals surface area (Å²) in [4.78, 5) is 14.5. The number of anilines is 1. The van der Waals surface area contributed by atoms with Gasteiger partial charge in [-0.3, -0.25) is 0 Å². The van der Waals surface area contributed by atoms with Crippen LogP contribution in [0.1, 0.15) is 19.3 Å². The van der Waals surface area contributed by atoms with Gasteiger partial charge in [-0.1, -0.05) is 0 Å². The minimum absolute atomic E-state index is 0.588. The SMILES string of the molecule is c1nc(N2[C@H]3CCNC[C@@H]2CC3)c2cc[nH]c2n1. The van der Waals surface area contributed by atoms with Crippen LogP contribution < -0.4 is 10.2 Å². The molecule has 4 rings (SSSR count). The highest BCUT2D eigenvalue weighted by atomic mass is 15.3. The van der Waals surface area contributed by atoms with Crippen molar-refractivity contribution in [3.8, 4) is 0 Å². The fourth-order valence-corrected chi connectivity index (χ4v) is 3.39.